The van der Waals surface area contributed by atoms with Gasteiger partial charge in [0.15, 0.2) is 6.61 Å². The van der Waals surface area contributed by atoms with E-state index in [-0.39, 0.29) is 18.9 Å². The molecule has 0 aromatic heterocycles. The highest BCUT2D eigenvalue weighted by Gasteiger charge is 2.15. The van der Waals surface area contributed by atoms with Gasteiger partial charge < -0.3 is 9.47 Å². The zero-order chi connectivity index (χ0) is 19.9. The summed E-state index contributed by atoms with van der Waals surface area (Å²) in [6, 6.07) is 13.3. The Morgan fingerprint density at radius 2 is 1.70 bits per heavy atom. The molecule has 0 aliphatic rings. The summed E-state index contributed by atoms with van der Waals surface area (Å²) in [7, 11) is -1.76. The third-order valence-corrected chi connectivity index (χ3v) is 4.44. The Labute approximate surface area is 158 Å². The van der Waals surface area contributed by atoms with Crippen molar-refractivity contribution >= 4 is 21.8 Å². The lowest BCUT2D eigenvalue weighted by atomic mass is 10.1. The number of para-hydroxylation sites is 1. The van der Waals surface area contributed by atoms with Crippen LogP contribution in [0, 0.1) is 0 Å². The zero-order valence-electron chi connectivity index (χ0n) is 15.1. The van der Waals surface area contributed by atoms with Crippen LogP contribution in [-0.4, -0.2) is 46.7 Å². The maximum atomic E-state index is 12.2. The molecule has 0 fully saturated rings. The number of carbonyl (C=O) groups is 2. The van der Waals surface area contributed by atoms with Gasteiger partial charge in [-0.3, -0.25) is 4.79 Å². The summed E-state index contributed by atoms with van der Waals surface area (Å²) >= 11 is 0. The monoisotopic (exact) mass is 391 g/mol. The first kappa shape index (κ1) is 20.6. The number of hydrogen-bond acceptors (Lipinski definition) is 6. The average Bonchev–Trinajstić information content (AvgIpc) is 2.65. The Kier molecular flexibility index (Phi) is 7.09. The summed E-state index contributed by atoms with van der Waals surface area (Å²) in [4.78, 5) is 24.3. The normalized spacial score (nSPS) is 11.0. The van der Waals surface area contributed by atoms with Crippen LogP contribution < -0.4 is 9.46 Å². The summed E-state index contributed by atoms with van der Waals surface area (Å²) in [5, 5.41) is 0. The van der Waals surface area contributed by atoms with Gasteiger partial charge in [-0.15, -0.1) is 0 Å². The highest BCUT2D eigenvalue weighted by molar-refractivity contribution is 7.88. The van der Waals surface area contributed by atoms with E-state index in [0.29, 0.717) is 23.3 Å². The minimum Gasteiger partial charge on any atom is -0.496 e. The highest BCUT2D eigenvalue weighted by atomic mass is 32.2. The third kappa shape index (κ3) is 6.50. The lowest BCUT2D eigenvalue weighted by Gasteiger charge is -2.08. The number of rotatable bonds is 9. The Bertz CT molecular complexity index is 906. The first-order chi connectivity index (χ1) is 12.8. The van der Waals surface area contributed by atoms with E-state index >= 15 is 0 Å². The molecule has 0 atom stereocenters. The topological polar surface area (TPSA) is 98.8 Å². The van der Waals surface area contributed by atoms with Crippen molar-refractivity contribution in [1.82, 2.24) is 4.72 Å². The van der Waals surface area contributed by atoms with Gasteiger partial charge in [0.1, 0.15) is 5.75 Å². The molecule has 0 amide bonds. The van der Waals surface area contributed by atoms with Gasteiger partial charge in [-0.2, -0.15) is 0 Å². The first-order valence-corrected chi connectivity index (χ1v) is 10.1. The van der Waals surface area contributed by atoms with E-state index < -0.39 is 16.0 Å². The predicted octanol–water partition coefficient (Wildman–Crippen LogP) is 1.83. The molecule has 27 heavy (non-hydrogen) atoms. The van der Waals surface area contributed by atoms with Crippen molar-refractivity contribution in [2.24, 2.45) is 0 Å². The van der Waals surface area contributed by atoms with Gasteiger partial charge in [0.05, 0.1) is 24.5 Å². The highest BCUT2D eigenvalue weighted by Crippen LogP contribution is 2.18. The van der Waals surface area contributed by atoms with Crippen molar-refractivity contribution in [2.45, 2.75) is 6.42 Å². The number of sulfonamides is 1. The van der Waals surface area contributed by atoms with Gasteiger partial charge in [-0.05, 0) is 36.2 Å². The van der Waals surface area contributed by atoms with E-state index in [4.69, 9.17) is 9.47 Å². The van der Waals surface area contributed by atoms with Crippen molar-refractivity contribution in [3.8, 4) is 5.75 Å². The number of ketones is 1. The fraction of sp³-hybridized carbons (Fsp3) is 0.263. The molecule has 2 aromatic rings. The predicted molar refractivity (Wildman–Crippen MR) is 101 cm³/mol. The van der Waals surface area contributed by atoms with Gasteiger partial charge >= 0.3 is 5.97 Å². The molecule has 0 aliphatic heterocycles. The second-order valence-electron chi connectivity index (χ2n) is 5.81. The van der Waals surface area contributed by atoms with Crippen LogP contribution in [0.25, 0.3) is 0 Å². The lowest BCUT2D eigenvalue weighted by Crippen LogP contribution is -2.24. The number of methoxy groups -OCH3 is 1. The van der Waals surface area contributed by atoms with Crippen LogP contribution in [0.15, 0.2) is 48.5 Å². The molecule has 7 nitrogen and oxygen atoms in total. The standard InChI is InChI=1S/C19H21NO6S/c1-25-18-6-4-3-5-16(18)17(21)13-26-19(22)15-9-7-14(8-10-15)11-12-20-27(2,23)24/h3-10,20H,11-13H2,1-2H3. The number of Topliss-reactive ketones (excluding diaryl/α,β-unsaturated/α-hetero) is 1. The van der Waals surface area contributed by atoms with E-state index in [1.807, 2.05) is 0 Å². The first-order valence-electron chi connectivity index (χ1n) is 8.17. The van der Waals surface area contributed by atoms with Gasteiger partial charge in [-0.1, -0.05) is 24.3 Å². The van der Waals surface area contributed by atoms with Crippen LogP contribution >= 0.6 is 0 Å². The van der Waals surface area contributed by atoms with E-state index in [1.165, 1.54) is 7.11 Å². The van der Waals surface area contributed by atoms with Crippen LogP contribution in [0.1, 0.15) is 26.3 Å². The Morgan fingerprint density at radius 1 is 1.04 bits per heavy atom. The summed E-state index contributed by atoms with van der Waals surface area (Å²) < 4.78 is 34.6. The second-order valence-corrected chi connectivity index (χ2v) is 7.65. The minimum atomic E-state index is -3.22. The van der Waals surface area contributed by atoms with Crippen LogP contribution in [0.4, 0.5) is 0 Å². The maximum absolute atomic E-state index is 12.2. The van der Waals surface area contributed by atoms with E-state index in [2.05, 4.69) is 4.72 Å². The van der Waals surface area contributed by atoms with Gasteiger partial charge in [0, 0.05) is 6.54 Å². The molecule has 144 valence electrons. The molecule has 0 saturated carbocycles. The van der Waals surface area contributed by atoms with E-state index in [9.17, 15) is 18.0 Å². The van der Waals surface area contributed by atoms with Gasteiger partial charge in [0.2, 0.25) is 15.8 Å². The molecule has 0 spiro atoms. The van der Waals surface area contributed by atoms with Crippen molar-refractivity contribution in [1.29, 1.82) is 0 Å². The number of ether oxygens (including phenoxy) is 2. The molecular weight excluding hydrogens is 370 g/mol. The Morgan fingerprint density at radius 3 is 2.33 bits per heavy atom. The van der Waals surface area contributed by atoms with Crippen molar-refractivity contribution in [3.63, 3.8) is 0 Å². The minimum absolute atomic E-state index is 0.274. The molecule has 0 bridgehead atoms. The molecular formula is C19H21NO6S. The summed E-state index contributed by atoms with van der Waals surface area (Å²) in [5.41, 5.74) is 1.52. The maximum Gasteiger partial charge on any atom is 0.338 e. The molecule has 2 rings (SSSR count). The largest absolute Gasteiger partial charge is 0.496 e. The van der Waals surface area contributed by atoms with Gasteiger partial charge in [-0.25, -0.2) is 17.9 Å². The third-order valence-electron chi connectivity index (χ3n) is 3.71. The number of carbonyl (C=O) groups excluding carboxylic acids is 2. The lowest BCUT2D eigenvalue weighted by molar-refractivity contribution is 0.0474. The Hall–Kier alpha value is -2.71. The molecule has 0 unspecified atom stereocenters. The zero-order valence-corrected chi connectivity index (χ0v) is 15.9. The summed E-state index contributed by atoms with van der Waals surface area (Å²) in [6.45, 7) is -0.116. The Balaban J connectivity index is 1.89. The molecule has 0 saturated heterocycles. The van der Waals surface area contributed by atoms with Crippen LogP contribution in [0.2, 0.25) is 0 Å². The van der Waals surface area contributed by atoms with E-state index in [0.717, 1.165) is 11.8 Å². The van der Waals surface area contributed by atoms with Crippen molar-refractivity contribution < 1.29 is 27.5 Å². The quantitative estimate of drug-likeness (QED) is 0.517. The molecule has 8 heteroatoms. The number of esters is 1. The smallest absolute Gasteiger partial charge is 0.338 e. The van der Waals surface area contributed by atoms with Crippen molar-refractivity contribution in [3.05, 3.63) is 65.2 Å². The van der Waals surface area contributed by atoms with Crippen molar-refractivity contribution in [2.75, 3.05) is 26.5 Å². The SMILES string of the molecule is COc1ccccc1C(=O)COC(=O)c1ccc(CCNS(C)(=O)=O)cc1. The number of hydrogen-bond donors (Lipinski definition) is 1. The number of benzene rings is 2. The number of nitrogens with one attached hydrogen (secondary N) is 1. The van der Waals surface area contributed by atoms with Gasteiger partial charge in [0.25, 0.3) is 0 Å². The summed E-state index contributed by atoms with van der Waals surface area (Å²) in [6.07, 6.45) is 1.59. The molecule has 0 heterocycles. The summed E-state index contributed by atoms with van der Waals surface area (Å²) in [5.74, 6) is -0.547. The molecule has 1 N–H and O–H groups in total. The van der Waals surface area contributed by atoms with Crippen LogP contribution in [-0.2, 0) is 21.2 Å². The van der Waals surface area contributed by atoms with Crippen LogP contribution in [0.3, 0.4) is 0 Å². The average molecular weight is 391 g/mol. The van der Waals surface area contributed by atoms with Crippen LogP contribution in [0.5, 0.6) is 5.75 Å². The fourth-order valence-electron chi connectivity index (χ4n) is 2.36. The second kappa shape index (κ2) is 9.29. The molecule has 0 aliphatic carbocycles. The fourth-order valence-corrected chi connectivity index (χ4v) is 2.83. The molecule has 0 radical (unpaired) electrons. The molecule has 2 aromatic carbocycles. The van der Waals surface area contributed by atoms with E-state index in [1.54, 1.807) is 48.5 Å².